The van der Waals surface area contributed by atoms with Gasteiger partial charge in [-0.05, 0) is 19.4 Å². The fourth-order valence-corrected chi connectivity index (χ4v) is 7.22. The van der Waals surface area contributed by atoms with Crippen LogP contribution in [0, 0.1) is 5.41 Å². The molecule has 1 aliphatic rings. The van der Waals surface area contributed by atoms with Gasteiger partial charge in [0.05, 0.1) is 38.7 Å². The van der Waals surface area contributed by atoms with Crippen LogP contribution in [0.2, 0.25) is 0 Å². The number of nitrogens with one attached hydrogen (secondary N) is 2. The highest BCUT2D eigenvalue weighted by Crippen LogP contribution is 2.48. The average Bonchev–Trinajstić information content (AvgIpc) is 3.57. The van der Waals surface area contributed by atoms with Crippen LogP contribution in [0.15, 0.2) is 36.7 Å². The molecule has 4 rings (SSSR count). The molecule has 1 aliphatic heterocycles. The molecule has 0 bridgehead atoms. The number of hydrogen-bond acceptors (Lipinski definition) is 14. The molecule has 264 valence electrons. The summed E-state index contributed by atoms with van der Waals surface area (Å²) in [5, 5.41) is 16.4. The minimum atomic E-state index is -4.03. The number of rotatable bonds is 16. The Morgan fingerprint density at radius 2 is 1.98 bits per heavy atom. The molecule has 0 unspecified atom stereocenters. The van der Waals surface area contributed by atoms with Gasteiger partial charge in [0.1, 0.15) is 17.1 Å². The smallest absolute Gasteiger partial charge is 0.406 e. The molecule has 5 N–H and O–H groups in total. The number of aliphatic hydroxyl groups is 1. The summed E-state index contributed by atoms with van der Waals surface area (Å²) in [6.07, 6.45) is -2.53. The minimum absolute atomic E-state index is 0.0498. The third-order valence-electron chi connectivity index (χ3n) is 7.38. The summed E-state index contributed by atoms with van der Waals surface area (Å²) in [5.74, 6) is 0.289. The molecule has 1 amide bonds. The van der Waals surface area contributed by atoms with Crippen LogP contribution in [0.1, 0.15) is 39.5 Å². The fourth-order valence-electron chi connectivity index (χ4n) is 4.67. The van der Waals surface area contributed by atoms with Crippen molar-refractivity contribution >= 4 is 59.4 Å². The van der Waals surface area contributed by atoms with Gasteiger partial charge in [-0.15, -0.1) is 11.6 Å². The van der Waals surface area contributed by atoms with Crippen LogP contribution in [0.4, 0.5) is 10.7 Å². The summed E-state index contributed by atoms with van der Waals surface area (Å²) in [6, 6.07) is 9.20. The van der Waals surface area contributed by atoms with E-state index >= 15 is 0 Å². The summed E-state index contributed by atoms with van der Waals surface area (Å²) in [6.45, 7) is 6.80. The van der Waals surface area contributed by atoms with Crippen LogP contribution >= 0.6 is 31.1 Å². The third kappa shape index (κ3) is 9.15. The maximum absolute atomic E-state index is 13.9. The van der Waals surface area contributed by atoms with E-state index in [0.717, 1.165) is 17.3 Å². The molecular formula is C29H41ClN7O9PS. The van der Waals surface area contributed by atoms with E-state index in [4.69, 9.17) is 35.9 Å². The van der Waals surface area contributed by atoms with Gasteiger partial charge < -0.3 is 30.4 Å². The van der Waals surface area contributed by atoms with Crippen molar-refractivity contribution in [1.82, 2.24) is 29.9 Å². The van der Waals surface area contributed by atoms with Gasteiger partial charge in [0.15, 0.2) is 22.5 Å². The highest BCUT2D eigenvalue weighted by molar-refractivity contribution is 8.13. The number of fused-ring (bicyclic) bond motifs is 1. The summed E-state index contributed by atoms with van der Waals surface area (Å²) in [4.78, 5) is 35.5. The molecule has 48 heavy (non-hydrogen) atoms. The Labute approximate surface area is 287 Å². The first-order valence-corrected chi connectivity index (χ1v) is 17.9. The molecule has 19 heteroatoms. The third-order valence-corrected chi connectivity index (χ3v) is 10.5. The number of nitrogens with two attached hydrogens (primary N) is 1. The highest BCUT2D eigenvalue weighted by Gasteiger charge is 2.54. The summed E-state index contributed by atoms with van der Waals surface area (Å²) in [5.41, 5.74) is 6.45. The zero-order chi connectivity index (χ0) is 35.1. The Morgan fingerprint density at radius 3 is 2.67 bits per heavy atom. The Kier molecular flexibility index (Phi) is 12.7. The maximum Gasteiger partial charge on any atom is 0.406 e. The summed E-state index contributed by atoms with van der Waals surface area (Å²) in [7, 11) is -2.79. The quantitative estimate of drug-likeness (QED) is 0.0942. The van der Waals surface area contributed by atoms with E-state index < -0.39 is 42.6 Å². The molecule has 16 nitrogen and oxygen atoms in total. The standard InChI is InChI=1S/C29H41ClN7O9PS/c1-6-43-23-20-22(35-26(31)36-23)37(17-33-20)24-29(4,30)21(38)19(46-24)15-45-47(41,34-14-18-10-8-7-9-11-18)44-12-13-48-25(39)28(2,3)16-32-27(40)42-5/h7-11,17,19,21,24,38H,6,12-16H2,1-5H3,(H,32,40)(H,34,41)(H2,31,35,36)/t19-,21-,24-,29-,47-/m1/s1. The van der Waals surface area contributed by atoms with Crippen molar-refractivity contribution in [2.75, 3.05) is 45.0 Å². The maximum atomic E-state index is 13.9. The number of ether oxygens (including phenoxy) is 3. The lowest BCUT2D eigenvalue weighted by Crippen LogP contribution is -2.40. The van der Waals surface area contributed by atoms with Crippen LogP contribution < -0.4 is 20.9 Å². The Bertz CT molecular complexity index is 1610. The highest BCUT2D eigenvalue weighted by atomic mass is 35.5. The van der Waals surface area contributed by atoms with E-state index in [0.29, 0.717) is 12.1 Å². The number of imidazole rings is 1. The summed E-state index contributed by atoms with van der Waals surface area (Å²) >= 11 is 7.82. The first kappa shape index (κ1) is 37.8. The lowest BCUT2D eigenvalue weighted by molar-refractivity contribution is -0.117. The van der Waals surface area contributed by atoms with Gasteiger partial charge in [0.2, 0.25) is 11.8 Å². The number of carbonyl (C=O) groups excluding carboxylic acids is 2. The molecule has 3 aromatic rings. The van der Waals surface area contributed by atoms with Crippen LogP contribution in [0.5, 0.6) is 5.88 Å². The Morgan fingerprint density at radius 1 is 1.25 bits per heavy atom. The van der Waals surface area contributed by atoms with Crippen molar-refractivity contribution in [3.05, 3.63) is 42.2 Å². The predicted molar refractivity (Wildman–Crippen MR) is 180 cm³/mol. The van der Waals surface area contributed by atoms with Crippen LogP contribution in [0.3, 0.4) is 0 Å². The molecule has 2 aromatic heterocycles. The van der Waals surface area contributed by atoms with Gasteiger partial charge >= 0.3 is 13.8 Å². The molecule has 0 saturated carbocycles. The van der Waals surface area contributed by atoms with Crippen LogP contribution in [0.25, 0.3) is 11.2 Å². The van der Waals surface area contributed by atoms with Crippen LogP contribution in [-0.4, -0.2) is 92.1 Å². The molecule has 0 spiro atoms. The number of alkyl carbamates (subject to hydrolysis) is 1. The largest absolute Gasteiger partial charge is 0.476 e. The molecule has 1 aromatic carbocycles. The molecule has 3 heterocycles. The zero-order valence-corrected chi connectivity index (χ0v) is 29.7. The van der Waals surface area contributed by atoms with Gasteiger partial charge in [0, 0.05) is 18.8 Å². The topological polar surface area (TPSA) is 211 Å². The molecule has 0 aliphatic carbocycles. The normalized spacial score (nSPS) is 22.4. The molecule has 0 radical (unpaired) electrons. The number of aromatic nitrogens is 4. The van der Waals surface area contributed by atoms with E-state index in [9.17, 15) is 19.3 Å². The average molecular weight is 730 g/mol. The predicted octanol–water partition coefficient (Wildman–Crippen LogP) is 3.64. The number of hydrogen-bond donors (Lipinski definition) is 4. The van der Waals surface area contributed by atoms with Gasteiger partial charge in [-0.25, -0.2) is 19.4 Å². The van der Waals surface area contributed by atoms with Crippen molar-refractivity contribution in [2.24, 2.45) is 5.41 Å². The number of nitrogens with zero attached hydrogens (tertiary/aromatic N) is 4. The van der Waals surface area contributed by atoms with Gasteiger partial charge in [-0.2, -0.15) is 9.97 Å². The molecule has 5 atom stereocenters. The Hall–Kier alpha value is -3.02. The van der Waals surface area contributed by atoms with Gasteiger partial charge in [-0.3, -0.25) is 18.4 Å². The van der Waals surface area contributed by atoms with Crippen molar-refractivity contribution < 1.29 is 42.5 Å². The van der Waals surface area contributed by atoms with E-state index in [1.807, 2.05) is 30.3 Å². The number of carbonyl (C=O) groups is 2. The van der Waals surface area contributed by atoms with Crippen molar-refractivity contribution in [3.8, 4) is 5.88 Å². The van der Waals surface area contributed by atoms with Gasteiger partial charge in [-0.1, -0.05) is 55.9 Å². The first-order chi connectivity index (χ1) is 22.7. The number of halogens is 1. The minimum Gasteiger partial charge on any atom is -0.476 e. The molecular weight excluding hydrogens is 689 g/mol. The van der Waals surface area contributed by atoms with Gasteiger partial charge in [0.25, 0.3) is 0 Å². The number of thioether (sulfide) groups is 1. The Balaban J connectivity index is 1.44. The number of aliphatic hydroxyl groups excluding tert-OH is 1. The summed E-state index contributed by atoms with van der Waals surface area (Å²) < 4.78 is 43.3. The fraction of sp³-hybridized carbons (Fsp3) is 0.552. The number of benzene rings is 1. The second-order valence-corrected chi connectivity index (χ2v) is 15.3. The van der Waals surface area contributed by atoms with Crippen LogP contribution in [-0.2, 0) is 34.4 Å². The zero-order valence-electron chi connectivity index (χ0n) is 27.3. The monoisotopic (exact) mass is 729 g/mol. The first-order valence-electron chi connectivity index (χ1n) is 15.0. The second-order valence-electron chi connectivity index (χ2n) is 11.6. The van der Waals surface area contributed by atoms with E-state index in [-0.39, 0.29) is 54.6 Å². The van der Waals surface area contributed by atoms with E-state index in [2.05, 4.69) is 30.1 Å². The van der Waals surface area contributed by atoms with E-state index in [1.54, 1.807) is 27.7 Å². The molecule has 1 saturated heterocycles. The lowest BCUT2D eigenvalue weighted by Gasteiger charge is -2.26. The van der Waals surface area contributed by atoms with E-state index in [1.165, 1.54) is 18.0 Å². The SMILES string of the molecule is CCOc1nc(N)nc2c1ncn2[C@@H]1O[C@H](CO[P@@](=O)(NCc2ccccc2)OCCSC(=O)C(C)(C)CNC(=O)OC)[C@@H](O)[C@@]1(C)Cl. The number of methoxy groups -OCH3 is 1. The van der Waals surface area contributed by atoms with Crippen molar-refractivity contribution in [2.45, 2.75) is 57.5 Å². The molecule has 1 fully saturated rings. The van der Waals surface area contributed by atoms with Crippen molar-refractivity contribution in [1.29, 1.82) is 0 Å². The number of amides is 1. The second kappa shape index (κ2) is 16.1. The number of nitrogen functional groups attached to an aromatic ring is 1. The van der Waals surface area contributed by atoms with Crippen molar-refractivity contribution in [3.63, 3.8) is 0 Å². The lowest BCUT2D eigenvalue weighted by atomic mass is 9.96. The number of alkyl halides is 1. The number of anilines is 1.